The van der Waals surface area contributed by atoms with Gasteiger partial charge in [0.1, 0.15) is 5.82 Å². The van der Waals surface area contributed by atoms with E-state index in [1.165, 1.54) is 0 Å². The topological polar surface area (TPSA) is 66.2 Å². The van der Waals surface area contributed by atoms with Gasteiger partial charge in [-0.3, -0.25) is 9.36 Å². The molecule has 4 aromatic rings. The second-order valence-electron chi connectivity index (χ2n) is 6.95. The summed E-state index contributed by atoms with van der Waals surface area (Å²) in [6.45, 7) is 3.89. The molecule has 0 saturated carbocycles. The molecule has 0 aliphatic carbocycles. The van der Waals surface area contributed by atoms with Gasteiger partial charge in [0.2, 0.25) is 0 Å². The number of benzene rings is 2. The van der Waals surface area contributed by atoms with E-state index >= 15 is 0 Å². The van der Waals surface area contributed by atoms with E-state index in [1.54, 1.807) is 30.9 Å². The van der Waals surface area contributed by atoms with Gasteiger partial charge < -0.3 is 9.47 Å². The summed E-state index contributed by atoms with van der Waals surface area (Å²) in [4.78, 5) is 23.0. The average molecular weight is 401 g/mol. The van der Waals surface area contributed by atoms with E-state index in [0.717, 1.165) is 16.8 Å². The highest BCUT2D eigenvalue weighted by Gasteiger charge is 2.17. The van der Waals surface area contributed by atoms with E-state index in [0.29, 0.717) is 40.5 Å². The van der Waals surface area contributed by atoms with Crippen LogP contribution < -0.4 is 15.0 Å². The van der Waals surface area contributed by atoms with Crippen LogP contribution in [0.25, 0.3) is 28.0 Å². The van der Waals surface area contributed by atoms with Crippen molar-refractivity contribution >= 4 is 11.0 Å². The van der Waals surface area contributed by atoms with Crippen molar-refractivity contribution in [1.29, 1.82) is 0 Å². The number of methoxy groups -OCH3 is 2. The van der Waals surface area contributed by atoms with Crippen LogP contribution in [0.15, 0.2) is 59.4 Å². The number of nitrogens with zero attached hydrogens (tertiary/aromatic N) is 3. The predicted molar refractivity (Wildman–Crippen MR) is 118 cm³/mol. The van der Waals surface area contributed by atoms with Gasteiger partial charge in [0.25, 0.3) is 5.56 Å². The van der Waals surface area contributed by atoms with Gasteiger partial charge in [0.15, 0.2) is 17.1 Å². The lowest BCUT2D eigenvalue weighted by molar-refractivity contribution is 0.355. The summed E-state index contributed by atoms with van der Waals surface area (Å²) in [6.07, 6.45) is 0.579. The Morgan fingerprint density at radius 2 is 1.67 bits per heavy atom. The molecule has 0 aliphatic rings. The quantitative estimate of drug-likeness (QED) is 0.498. The van der Waals surface area contributed by atoms with Gasteiger partial charge in [-0.15, -0.1) is 0 Å². The third-order valence-electron chi connectivity index (χ3n) is 5.12. The van der Waals surface area contributed by atoms with E-state index < -0.39 is 0 Å². The highest BCUT2D eigenvalue weighted by atomic mass is 16.5. The standard InChI is InChI=1S/C24H23N3O3/c1-5-21-26-23-22(15(2)13-18(25-23)16-9-7-6-8-10-16)24(28)27(21)17-11-12-19(29-3)20(14-17)30-4/h6-14H,5H2,1-4H3. The van der Waals surface area contributed by atoms with Crippen LogP contribution in [0.2, 0.25) is 0 Å². The van der Waals surface area contributed by atoms with Crippen molar-refractivity contribution in [2.75, 3.05) is 14.2 Å². The smallest absolute Gasteiger partial charge is 0.267 e. The molecule has 0 radical (unpaired) electrons. The Morgan fingerprint density at radius 3 is 2.33 bits per heavy atom. The van der Waals surface area contributed by atoms with E-state index in [2.05, 4.69) is 0 Å². The fourth-order valence-electron chi connectivity index (χ4n) is 3.63. The van der Waals surface area contributed by atoms with Crippen LogP contribution >= 0.6 is 0 Å². The molecule has 0 atom stereocenters. The Labute approximate surface area is 174 Å². The number of hydrogen-bond acceptors (Lipinski definition) is 5. The molecule has 0 amide bonds. The van der Waals surface area contributed by atoms with E-state index in [4.69, 9.17) is 19.4 Å². The van der Waals surface area contributed by atoms with Crippen LogP contribution in [0, 0.1) is 6.92 Å². The van der Waals surface area contributed by atoms with E-state index in [-0.39, 0.29) is 5.56 Å². The third kappa shape index (κ3) is 3.30. The summed E-state index contributed by atoms with van der Waals surface area (Å²) in [5, 5.41) is 0.515. The van der Waals surface area contributed by atoms with E-state index in [1.807, 2.05) is 56.3 Å². The second kappa shape index (κ2) is 7.99. The van der Waals surface area contributed by atoms with Gasteiger partial charge >= 0.3 is 0 Å². The van der Waals surface area contributed by atoms with Gasteiger partial charge in [-0.1, -0.05) is 37.3 Å². The van der Waals surface area contributed by atoms with Gasteiger partial charge in [-0.25, -0.2) is 9.97 Å². The maximum atomic E-state index is 13.5. The zero-order chi connectivity index (χ0) is 21.3. The highest BCUT2D eigenvalue weighted by molar-refractivity contribution is 5.81. The van der Waals surface area contributed by atoms with Gasteiger partial charge in [0.05, 0.1) is 31.0 Å². The Balaban J connectivity index is 1.98. The summed E-state index contributed by atoms with van der Waals surface area (Å²) in [5.41, 5.74) is 3.63. The Morgan fingerprint density at radius 1 is 0.933 bits per heavy atom. The lowest BCUT2D eigenvalue weighted by atomic mass is 10.1. The summed E-state index contributed by atoms with van der Waals surface area (Å²) in [7, 11) is 3.15. The molecule has 30 heavy (non-hydrogen) atoms. The molecule has 2 aromatic carbocycles. The summed E-state index contributed by atoms with van der Waals surface area (Å²) >= 11 is 0. The molecule has 0 bridgehead atoms. The van der Waals surface area contributed by atoms with Crippen molar-refractivity contribution in [2.45, 2.75) is 20.3 Å². The minimum atomic E-state index is -0.145. The first-order chi connectivity index (χ1) is 14.6. The minimum absolute atomic E-state index is 0.145. The number of rotatable bonds is 5. The summed E-state index contributed by atoms with van der Waals surface area (Å²) in [5.74, 6) is 1.79. The first kappa shape index (κ1) is 19.6. The van der Waals surface area contributed by atoms with Gasteiger partial charge in [-0.05, 0) is 30.7 Å². The molecular formula is C24H23N3O3. The fraction of sp³-hybridized carbons (Fsp3) is 0.208. The maximum absolute atomic E-state index is 13.5. The lowest BCUT2D eigenvalue weighted by Crippen LogP contribution is -2.25. The summed E-state index contributed by atoms with van der Waals surface area (Å²) in [6, 6.07) is 17.2. The second-order valence-corrected chi connectivity index (χ2v) is 6.95. The molecule has 6 nitrogen and oxygen atoms in total. The molecule has 0 saturated heterocycles. The summed E-state index contributed by atoms with van der Waals surface area (Å²) < 4.78 is 12.4. The minimum Gasteiger partial charge on any atom is -0.493 e. The molecule has 0 N–H and O–H groups in total. The maximum Gasteiger partial charge on any atom is 0.267 e. The molecule has 0 fully saturated rings. The van der Waals surface area contributed by atoms with Crippen molar-refractivity contribution in [2.24, 2.45) is 0 Å². The highest BCUT2D eigenvalue weighted by Crippen LogP contribution is 2.29. The molecule has 152 valence electrons. The number of fused-ring (bicyclic) bond motifs is 1. The zero-order valence-corrected chi connectivity index (χ0v) is 17.5. The average Bonchev–Trinajstić information content (AvgIpc) is 2.78. The normalized spacial score (nSPS) is 10.9. The molecule has 0 aliphatic heterocycles. The Kier molecular flexibility index (Phi) is 5.23. The first-order valence-electron chi connectivity index (χ1n) is 9.78. The van der Waals surface area contributed by atoms with Gasteiger partial charge in [0, 0.05) is 18.1 Å². The van der Waals surface area contributed by atoms with Crippen molar-refractivity contribution in [3.05, 3.63) is 76.3 Å². The number of pyridine rings is 1. The number of hydrogen-bond donors (Lipinski definition) is 0. The van der Waals surface area contributed by atoms with Crippen LogP contribution in [-0.2, 0) is 6.42 Å². The molecule has 0 spiro atoms. The molecule has 2 heterocycles. The van der Waals surface area contributed by atoms with Crippen LogP contribution in [-0.4, -0.2) is 28.8 Å². The zero-order valence-electron chi connectivity index (χ0n) is 17.5. The van der Waals surface area contributed by atoms with E-state index in [9.17, 15) is 4.79 Å². The largest absolute Gasteiger partial charge is 0.493 e. The SMILES string of the molecule is CCc1nc2nc(-c3ccccc3)cc(C)c2c(=O)n1-c1ccc(OC)c(OC)c1. The van der Waals surface area contributed by atoms with Crippen LogP contribution in [0.5, 0.6) is 11.5 Å². The predicted octanol–water partition coefficient (Wildman–Crippen LogP) is 4.34. The van der Waals surface area contributed by atoms with Crippen LogP contribution in [0.1, 0.15) is 18.3 Å². The van der Waals surface area contributed by atoms with Crippen molar-refractivity contribution in [3.8, 4) is 28.4 Å². The Hall–Kier alpha value is -3.67. The van der Waals surface area contributed by atoms with Crippen LogP contribution in [0.3, 0.4) is 0 Å². The number of aryl methyl sites for hydroxylation is 2. The fourth-order valence-corrected chi connectivity index (χ4v) is 3.63. The third-order valence-corrected chi connectivity index (χ3v) is 5.12. The Bertz CT molecular complexity index is 1280. The molecule has 2 aromatic heterocycles. The monoisotopic (exact) mass is 401 g/mol. The number of ether oxygens (including phenoxy) is 2. The van der Waals surface area contributed by atoms with Gasteiger partial charge in [-0.2, -0.15) is 0 Å². The first-order valence-corrected chi connectivity index (χ1v) is 9.78. The number of aromatic nitrogens is 3. The van der Waals surface area contributed by atoms with Crippen LogP contribution in [0.4, 0.5) is 0 Å². The molecule has 0 unspecified atom stereocenters. The van der Waals surface area contributed by atoms with Crippen molar-refractivity contribution in [1.82, 2.24) is 14.5 Å². The molecule has 6 heteroatoms. The molecular weight excluding hydrogens is 378 g/mol. The lowest BCUT2D eigenvalue weighted by Gasteiger charge is -2.16. The van der Waals surface area contributed by atoms with Crippen molar-refractivity contribution in [3.63, 3.8) is 0 Å². The van der Waals surface area contributed by atoms with Crippen molar-refractivity contribution < 1.29 is 9.47 Å². The molecule has 4 rings (SSSR count).